The number of nitrogens with one attached hydrogen (secondary N) is 1. The molecule has 3 rings (SSSR count). The van der Waals surface area contributed by atoms with Gasteiger partial charge in [0.15, 0.2) is 0 Å². The van der Waals surface area contributed by atoms with Crippen molar-refractivity contribution in [3.63, 3.8) is 0 Å². The second-order valence-corrected chi connectivity index (χ2v) is 5.77. The predicted octanol–water partition coefficient (Wildman–Crippen LogP) is 1.63. The number of amidine groups is 1. The summed E-state index contributed by atoms with van der Waals surface area (Å²) in [6, 6.07) is 5.25. The molecule has 1 saturated heterocycles. The molecule has 0 amide bonds. The summed E-state index contributed by atoms with van der Waals surface area (Å²) < 4.78 is 25.0. The Labute approximate surface area is 123 Å². The van der Waals surface area contributed by atoms with Gasteiger partial charge in [0.2, 0.25) is 0 Å². The number of nitrogens with zero attached hydrogens (tertiary/aromatic N) is 1. The van der Waals surface area contributed by atoms with Gasteiger partial charge in [-0.25, -0.2) is 4.39 Å². The van der Waals surface area contributed by atoms with Gasteiger partial charge in [-0.15, -0.1) is 0 Å². The molecule has 2 heterocycles. The van der Waals surface area contributed by atoms with Crippen LogP contribution in [0.25, 0.3) is 0 Å². The summed E-state index contributed by atoms with van der Waals surface area (Å²) in [7, 11) is 0. The van der Waals surface area contributed by atoms with Crippen molar-refractivity contribution in [2.75, 3.05) is 31.7 Å². The van der Waals surface area contributed by atoms with Crippen LogP contribution in [0.1, 0.15) is 18.9 Å². The minimum absolute atomic E-state index is 0.271. The summed E-state index contributed by atoms with van der Waals surface area (Å²) >= 11 is 0. The molecule has 2 aliphatic rings. The van der Waals surface area contributed by atoms with Gasteiger partial charge in [-0.05, 0) is 31.5 Å². The molecule has 0 aromatic heterocycles. The molecule has 1 aromatic rings. The van der Waals surface area contributed by atoms with Crippen LogP contribution in [0.2, 0.25) is 0 Å². The maximum absolute atomic E-state index is 14.2. The first-order valence-corrected chi connectivity index (χ1v) is 7.13. The number of nitrogens with two attached hydrogens (primary N) is 1. The molecule has 1 aromatic carbocycles. The minimum Gasteiger partial charge on any atom is -0.386 e. The van der Waals surface area contributed by atoms with Crippen molar-refractivity contribution in [2.24, 2.45) is 10.7 Å². The Hall–Kier alpha value is -1.66. The average Bonchev–Trinajstić information content (AvgIpc) is 2.93. The molecule has 0 radical (unpaired) electrons. The normalized spacial score (nSPS) is 29.2. The lowest BCUT2D eigenvalue weighted by Crippen LogP contribution is -2.38. The highest BCUT2D eigenvalue weighted by Gasteiger charge is 2.33. The highest BCUT2D eigenvalue weighted by molar-refractivity contribution is 5.82. The van der Waals surface area contributed by atoms with E-state index in [-0.39, 0.29) is 11.9 Å². The number of rotatable bonds is 3. The van der Waals surface area contributed by atoms with E-state index in [9.17, 15) is 4.39 Å². The Kier molecular flexibility index (Phi) is 3.82. The Morgan fingerprint density at radius 3 is 3.00 bits per heavy atom. The van der Waals surface area contributed by atoms with Crippen molar-refractivity contribution in [3.05, 3.63) is 29.6 Å². The summed E-state index contributed by atoms with van der Waals surface area (Å²) in [6.07, 6.45) is 0.957. The van der Waals surface area contributed by atoms with Crippen molar-refractivity contribution < 1.29 is 13.9 Å². The third-order valence-corrected chi connectivity index (χ3v) is 3.87. The molecular weight excluding hydrogens is 273 g/mol. The molecule has 21 heavy (non-hydrogen) atoms. The first-order valence-electron chi connectivity index (χ1n) is 7.13. The number of hydrogen-bond donors (Lipinski definition) is 2. The van der Waals surface area contributed by atoms with Crippen LogP contribution in [0.5, 0.6) is 0 Å². The molecule has 1 fully saturated rings. The number of benzene rings is 1. The Morgan fingerprint density at radius 2 is 2.29 bits per heavy atom. The van der Waals surface area contributed by atoms with Crippen molar-refractivity contribution in [3.8, 4) is 0 Å². The quantitative estimate of drug-likeness (QED) is 0.889. The summed E-state index contributed by atoms with van der Waals surface area (Å²) in [5.41, 5.74) is 6.31. The van der Waals surface area contributed by atoms with E-state index in [1.165, 1.54) is 6.07 Å². The predicted molar refractivity (Wildman–Crippen MR) is 79.0 cm³/mol. The fourth-order valence-corrected chi connectivity index (χ4v) is 2.79. The second-order valence-electron chi connectivity index (χ2n) is 5.77. The van der Waals surface area contributed by atoms with Crippen molar-refractivity contribution in [2.45, 2.75) is 24.9 Å². The monoisotopic (exact) mass is 293 g/mol. The Balaban J connectivity index is 1.88. The maximum atomic E-state index is 14.2. The van der Waals surface area contributed by atoms with Crippen LogP contribution >= 0.6 is 0 Å². The van der Waals surface area contributed by atoms with Gasteiger partial charge in [-0.2, -0.15) is 0 Å². The average molecular weight is 293 g/mol. The molecule has 2 atom stereocenters. The van der Waals surface area contributed by atoms with Gasteiger partial charge in [-0.1, -0.05) is 0 Å². The van der Waals surface area contributed by atoms with Gasteiger partial charge in [0, 0.05) is 17.9 Å². The summed E-state index contributed by atoms with van der Waals surface area (Å²) in [6.45, 7) is 3.89. The third-order valence-electron chi connectivity index (χ3n) is 3.87. The molecule has 0 spiro atoms. The Morgan fingerprint density at radius 1 is 1.43 bits per heavy atom. The van der Waals surface area contributed by atoms with E-state index < -0.39 is 5.54 Å². The van der Waals surface area contributed by atoms with Gasteiger partial charge in [0.25, 0.3) is 0 Å². The van der Waals surface area contributed by atoms with Crippen LogP contribution in [-0.4, -0.2) is 38.3 Å². The van der Waals surface area contributed by atoms with Crippen LogP contribution < -0.4 is 11.1 Å². The summed E-state index contributed by atoms with van der Waals surface area (Å²) in [5, 5.41) is 3.36. The highest BCUT2D eigenvalue weighted by atomic mass is 19.1. The first kappa shape index (κ1) is 14.3. The number of aliphatic imine (C=N–C) groups is 1. The second kappa shape index (κ2) is 5.61. The van der Waals surface area contributed by atoms with Crippen molar-refractivity contribution >= 4 is 11.5 Å². The molecular formula is C15H20FN3O2. The molecule has 6 heteroatoms. The van der Waals surface area contributed by atoms with Gasteiger partial charge >= 0.3 is 0 Å². The topological polar surface area (TPSA) is 68.9 Å². The SMILES string of the molecule is C[C@@]1(c2cc(NC3CCOC3)ccc2F)COCC(N)=N1. The van der Waals surface area contributed by atoms with Crippen LogP contribution in [0.15, 0.2) is 23.2 Å². The van der Waals surface area contributed by atoms with Gasteiger partial charge in [-0.3, -0.25) is 4.99 Å². The van der Waals surface area contributed by atoms with E-state index in [4.69, 9.17) is 15.2 Å². The van der Waals surface area contributed by atoms with Gasteiger partial charge in [0.1, 0.15) is 23.8 Å². The van der Waals surface area contributed by atoms with E-state index in [0.717, 1.165) is 18.7 Å². The number of anilines is 1. The smallest absolute Gasteiger partial charge is 0.129 e. The zero-order chi connectivity index (χ0) is 14.9. The van der Waals surface area contributed by atoms with Crippen molar-refractivity contribution in [1.29, 1.82) is 0 Å². The zero-order valence-electron chi connectivity index (χ0n) is 12.1. The maximum Gasteiger partial charge on any atom is 0.129 e. The van der Waals surface area contributed by atoms with Crippen LogP contribution in [-0.2, 0) is 15.0 Å². The Bertz CT molecular complexity index is 558. The molecule has 3 N–H and O–H groups in total. The highest BCUT2D eigenvalue weighted by Crippen LogP contribution is 2.32. The fraction of sp³-hybridized carbons (Fsp3) is 0.533. The number of halogens is 1. The molecule has 114 valence electrons. The molecule has 0 bridgehead atoms. The zero-order valence-corrected chi connectivity index (χ0v) is 12.1. The van der Waals surface area contributed by atoms with E-state index in [1.54, 1.807) is 12.1 Å². The van der Waals surface area contributed by atoms with Crippen molar-refractivity contribution in [1.82, 2.24) is 0 Å². The first-order chi connectivity index (χ1) is 10.1. The van der Waals surface area contributed by atoms with E-state index in [0.29, 0.717) is 31.2 Å². The molecule has 2 aliphatic heterocycles. The molecule has 0 aliphatic carbocycles. The summed E-state index contributed by atoms with van der Waals surface area (Å²) in [5.74, 6) is 0.0958. The number of hydrogen-bond acceptors (Lipinski definition) is 5. The molecule has 0 saturated carbocycles. The number of ether oxygens (including phenoxy) is 2. The fourth-order valence-electron chi connectivity index (χ4n) is 2.79. The third kappa shape index (κ3) is 3.01. The lowest BCUT2D eigenvalue weighted by atomic mass is 9.91. The lowest BCUT2D eigenvalue weighted by Gasteiger charge is -2.30. The minimum atomic E-state index is -0.781. The van der Waals surface area contributed by atoms with Crippen LogP contribution in [0.4, 0.5) is 10.1 Å². The van der Waals surface area contributed by atoms with Crippen LogP contribution in [0.3, 0.4) is 0 Å². The van der Waals surface area contributed by atoms with Gasteiger partial charge in [0.05, 0.1) is 19.3 Å². The lowest BCUT2D eigenvalue weighted by molar-refractivity contribution is 0.104. The largest absolute Gasteiger partial charge is 0.386 e. The molecule has 5 nitrogen and oxygen atoms in total. The van der Waals surface area contributed by atoms with E-state index in [2.05, 4.69) is 10.3 Å². The van der Waals surface area contributed by atoms with Crippen LogP contribution in [0, 0.1) is 5.82 Å². The standard InChI is InChI=1S/C15H20FN3O2/c1-15(9-21-8-14(17)19-15)12-6-10(2-3-13(12)16)18-11-4-5-20-7-11/h2-3,6,11,18H,4-5,7-9H2,1H3,(H2,17,19)/t11?,15-/m0/s1. The van der Waals surface area contributed by atoms with Gasteiger partial charge < -0.3 is 20.5 Å². The van der Waals surface area contributed by atoms with E-state index in [1.807, 2.05) is 6.92 Å². The summed E-state index contributed by atoms with van der Waals surface area (Å²) in [4.78, 5) is 4.40. The van der Waals surface area contributed by atoms with E-state index >= 15 is 0 Å². The molecule has 1 unspecified atom stereocenters.